The smallest absolute Gasteiger partial charge is 0.270 e. The highest BCUT2D eigenvalue weighted by molar-refractivity contribution is 6.02. The number of rotatable bonds is 3. The van der Waals surface area contributed by atoms with Crippen LogP contribution in [0, 0.1) is 12.3 Å². The Morgan fingerprint density at radius 3 is 2.43 bits per heavy atom. The fraction of sp³-hybridized carbons (Fsp3) is 0.667. The molecule has 1 aromatic heterocycles. The van der Waals surface area contributed by atoms with Crippen molar-refractivity contribution in [2.24, 2.45) is 5.41 Å². The van der Waals surface area contributed by atoms with Crippen molar-refractivity contribution < 1.29 is 9.59 Å². The minimum Gasteiger partial charge on any atom is -0.354 e. The lowest BCUT2D eigenvalue weighted by Gasteiger charge is -2.38. The van der Waals surface area contributed by atoms with E-state index in [4.69, 9.17) is 0 Å². The lowest BCUT2D eigenvalue weighted by molar-refractivity contribution is 0.0601. The number of piperidine rings is 1. The third-order valence-electron chi connectivity index (χ3n) is 5.65. The van der Waals surface area contributed by atoms with Crippen molar-refractivity contribution >= 4 is 11.7 Å². The molecule has 5 nitrogen and oxygen atoms in total. The molecule has 0 aromatic carbocycles. The van der Waals surface area contributed by atoms with Gasteiger partial charge in [0.2, 0.25) is 0 Å². The molecular weight excluding hydrogens is 290 g/mol. The summed E-state index contributed by atoms with van der Waals surface area (Å²) < 4.78 is 0. The molecule has 1 spiro atoms. The SMILES string of the molecule is CCc1c(C(=O)N2CCC3(CCNC3)CC2)[nH]c(C)c1C(C)=O. The van der Waals surface area contributed by atoms with Gasteiger partial charge in [-0.1, -0.05) is 6.92 Å². The number of nitrogens with zero attached hydrogens (tertiary/aromatic N) is 1. The number of hydrogen-bond acceptors (Lipinski definition) is 3. The maximum Gasteiger partial charge on any atom is 0.270 e. The number of hydrogen-bond donors (Lipinski definition) is 2. The molecule has 0 unspecified atom stereocenters. The first kappa shape index (κ1) is 16.2. The second kappa shape index (κ2) is 6.11. The van der Waals surface area contributed by atoms with E-state index >= 15 is 0 Å². The molecule has 2 aliphatic heterocycles. The minimum atomic E-state index is 0.0317. The lowest BCUT2D eigenvalue weighted by atomic mass is 9.78. The van der Waals surface area contributed by atoms with Crippen LogP contribution in [0.1, 0.15) is 65.2 Å². The van der Waals surface area contributed by atoms with Crippen LogP contribution in [0.25, 0.3) is 0 Å². The third-order valence-corrected chi connectivity index (χ3v) is 5.65. The van der Waals surface area contributed by atoms with Crippen LogP contribution in [0.2, 0.25) is 0 Å². The topological polar surface area (TPSA) is 65.2 Å². The van der Waals surface area contributed by atoms with Crippen LogP contribution in [-0.4, -0.2) is 47.8 Å². The van der Waals surface area contributed by atoms with Crippen molar-refractivity contribution in [2.45, 2.75) is 46.5 Å². The largest absolute Gasteiger partial charge is 0.354 e. The number of aryl methyl sites for hydroxylation is 1. The molecule has 1 amide bonds. The molecule has 126 valence electrons. The Morgan fingerprint density at radius 1 is 1.22 bits per heavy atom. The van der Waals surface area contributed by atoms with Gasteiger partial charge in [-0.3, -0.25) is 9.59 Å². The summed E-state index contributed by atoms with van der Waals surface area (Å²) in [5, 5.41) is 3.45. The standard InChI is InChI=1S/C18H27N3O2/c1-4-14-15(13(3)22)12(2)20-16(14)17(23)21-9-6-18(7-10-21)5-8-19-11-18/h19-20H,4-11H2,1-3H3. The van der Waals surface area contributed by atoms with Gasteiger partial charge in [0, 0.05) is 30.9 Å². The normalized spacial score (nSPS) is 20.2. The van der Waals surface area contributed by atoms with E-state index in [0.717, 1.165) is 50.3 Å². The number of aromatic amines is 1. The molecule has 2 aliphatic rings. The molecule has 3 heterocycles. The van der Waals surface area contributed by atoms with Gasteiger partial charge < -0.3 is 15.2 Å². The minimum absolute atomic E-state index is 0.0317. The number of H-pyrrole nitrogens is 1. The van der Waals surface area contributed by atoms with Crippen molar-refractivity contribution in [1.29, 1.82) is 0 Å². The van der Waals surface area contributed by atoms with E-state index in [1.165, 1.54) is 6.42 Å². The summed E-state index contributed by atoms with van der Waals surface area (Å²) in [6.45, 7) is 9.27. The molecule has 0 aliphatic carbocycles. The monoisotopic (exact) mass is 317 g/mol. The van der Waals surface area contributed by atoms with Crippen molar-refractivity contribution in [2.75, 3.05) is 26.2 Å². The predicted molar refractivity (Wildman–Crippen MR) is 90.0 cm³/mol. The zero-order valence-electron chi connectivity index (χ0n) is 14.4. The number of carbonyl (C=O) groups is 2. The van der Waals surface area contributed by atoms with Gasteiger partial charge in [-0.2, -0.15) is 0 Å². The summed E-state index contributed by atoms with van der Waals surface area (Å²) in [5.41, 5.74) is 3.41. The van der Waals surface area contributed by atoms with Crippen LogP contribution in [0.4, 0.5) is 0 Å². The number of aromatic nitrogens is 1. The highest BCUT2D eigenvalue weighted by Crippen LogP contribution is 2.37. The van der Waals surface area contributed by atoms with Gasteiger partial charge in [0.05, 0.1) is 0 Å². The fourth-order valence-corrected chi connectivity index (χ4v) is 4.25. The molecule has 2 fully saturated rings. The average Bonchev–Trinajstić information content (AvgIpc) is 3.11. The van der Waals surface area contributed by atoms with E-state index in [1.807, 2.05) is 18.7 Å². The van der Waals surface area contributed by atoms with Gasteiger partial charge in [-0.15, -0.1) is 0 Å². The van der Waals surface area contributed by atoms with Crippen LogP contribution in [0.15, 0.2) is 0 Å². The molecule has 0 bridgehead atoms. The van der Waals surface area contributed by atoms with Gasteiger partial charge in [0.1, 0.15) is 5.69 Å². The van der Waals surface area contributed by atoms with Crippen molar-refractivity contribution in [3.63, 3.8) is 0 Å². The summed E-state index contributed by atoms with van der Waals surface area (Å²) in [5.74, 6) is 0.0857. The molecule has 1 aromatic rings. The predicted octanol–water partition coefficient (Wildman–Crippen LogP) is 2.30. The summed E-state index contributed by atoms with van der Waals surface area (Å²) in [4.78, 5) is 30.0. The van der Waals surface area contributed by atoms with Crippen molar-refractivity contribution in [1.82, 2.24) is 15.2 Å². The summed E-state index contributed by atoms with van der Waals surface area (Å²) in [7, 11) is 0. The molecule has 3 rings (SSSR count). The number of amides is 1. The number of Topliss-reactive ketones (excluding diaryl/α,β-unsaturated/α-hetero) is 1. The van der Waals surface area contributed by atoms with E-state index in [0.29, 0.717) is 23.1 Å². The summed E-state index contributed by atoms with van der Waals surface area (Å²) >= 11 is 0. The second-order valence-electron chi connectivity index (χ2n) is 7.11. The third kappa shape index (κ3) is 2.82. The number of nitrogens with one attached hydrogen (secondary N) is 2. The lowest BCUT2D eigenvalue weighted by Crippen LogP contribution is -2.44. The molecular formula is C18H27N3O2. The zero-order valence-corrected chi connectivity index (χ0v) is 14.4. The highest BCUT2D eigenvalue weighted by atomic mass is 16.2. The van der Waals surface area contributed by atoms with E-state index < -0.39 is 0 Å². The Hall–Kier alpha value is -1.62. The van der Waals surface area contributed by atoms with E-state index in [9.17, 15) is 9.59 Å². The molecule has 0 saturated carbocycles. The Bertz CT molecular complexity index is 616. The Kier molecular flexibility index (Phi) is 4.32. The van der Waals surface area contributed by atoms with Crippen molar-refractivity contribution in [3.05, 3.63) is 22.5 Å². The van der Waals surface area contributed by atoms with Crippen LogP contribution in [0.5, 0.6) is 0 Å². The van der Waals surface area contributed by atoms with Gasteiger partial charge in [0.15, 0.2) is 5.78 Å². The highest BCUT2D eigenvalue weighted by Gasteiger charge is 2.38. The molecule has 2 saturated heterocycles. The first-order chi connectivity index (χ1) is 11.0. The van der Waals surface area contributed by atoms with Crippen LogP contribution in [0.3, 0.4) is 0 Å². The second-order valence-corrected chi connectivity index (χ2v) is 7.11. The van der Waals surface area contributed by atoms with Crippen LogP contribution >= 0.6 is 0 Å². The summed E-state index contributed by atoms with van der Waals surface area (Å²) in [6, 6.07) is 0. The quantitative estimate of drug-likeness (QED) is 0.841. The first-order valence-electron chi connectivity index (χ1n) is 8.70. The van der Waals surface area contributed by atoms with E-state index in [1.54, 1.807) is 6.92 Å². The number of ketones is 1. The fourth-order valence-electron chi connectivity index (χ4n) is 4.25. The van der Waals surface area contributed by atoms with E-state index in [2.05, 4.69) is 10.3 Å². The zero-order chi connectivity index (χ0) is 16.6. The van der Waals surface area contributed by atoms with Gasteiger partial charge in [-0.25, -0.2) is 0 Å². The number of carbonyl (C=O) groups excluding carboxylic acids is 2. The van der Waals surface area contributed by atoms with Crippen LogP contribution < -0.4 is 5.32 Å². The molecule has 0 atom stereocenters. The molecule has 5 heteroatoms. The number of likely N-dealkylation sites (tertiary alicyclic amines) is 1. The Balaban J connectivity index is 1.79. The molecule has 23 heavy (non-hydrogen) atoms. The van der Waals surface area contributed by atoms with Gasteiger partial charge in [-0.05, 0) is 57.1 Å². The average molecular weight is 317 g/mol. The van der Waals surface area contributed by atoms with E-state index in [-0.39, 0.29) is 11.7 Å². The Labute approximate surface area is 137 Å². The maximum absolute atomic E-state index is 12.9. The Morgan fingerprint density at radius 2 is 1.91 bits per heavy atom. The maximum atomic E-state index is 12.9. The van der Waals surface area contributed by atoms with Crippen molar-refractivity contribution in [3.8, 4) is 0 Å². The van der Waals surface area contributed by atoms with Crippen LogP contribution in [-0.2, 0) is 6.42 Å². The van der Waals surface area contributed by atoms with Gasteiger partial charge in [0.25, 0.3) is 5.91 Å². The molecule has 0 radical (unpaired) electrons. The van der Waals surface area contributed by atoms with Gasteiger partial charge >= 0.3 is 0 Å². The first-order valence-corrected chi connectivity index (χ1v) is 8.70. The summed E-state index contributed by atoms with van der Waals surface area (Å²) in [6.07, 6.45) is 4.08. The molecule has 2 N–H and O–H groups in total.